The Morgan fingerprint density at radius 3 is 2.43 bits per heavy atom. The molecule has 4 aliphatic carbocycles. The number of likely N-dealkylation sites (tertiary alicyclic amines) is 1. The molecule has 0 radical (unpaired) electrons. The van der Waals surface area contributed by atoms with Gasteiger partial charge in [0, 0.05) is 6.07 Å². The van der Waals surface area contributed by atoms with Gasteiger partial charge in [0.1, 0.15) is 12.3 Å². The molecular formula is C19H19N3O6. The molecule has 2 bridgehead atoms. The van der Waals surface area contributed by atoms with Crippen LogP contribution in [0.3, 0.4) is 0 Å². The first kappa shape index (κ1) is 17.2. The molecule has 3 fully saturated rings. The molecule has 146 valence electrons. The van der Waals surface area contributed by atoms with Gasteiger partial charge in [0.15, 0.2) is 12.4 Å². The van der Waals surface area contributed by atoms with Crippen molar-refractivity contribution in [3.8, 4) is 0 Å². The number of nitrogens with one attached hydrogen (secondary N) is 1. The van der Waals surface area contributed by atoms with Gasteiger partial charge in [-0.15, -0.1) is 0 Å². The SMILES string of the molecule is Cc1cc(NC(=O)COC(=O)CN2C(=O)[C@@H]3[C@H]4C=C[C@@H]([C@@H]5C[C@H]45)[C@H]3C2=O)no1. The van der Waals surface area contributed by atoms with Gasteiger partial charge in [-0.1, -0.05) is 17.3 Å². The normalized spacial score (nSPS) is 34.2. The van der Waals surface area contributed by atoms with Crippen LogP contribution in [-0.2, 0) is 23.9 Å². The number of allylic oxidation sites excluding steroid dienone is 2. The summed E-state index contributed by atoms with van der Waals surface area (Å²) in [6.07, 6.45) is 5.23. The third-order valence-electron chi connectivity index (χ3n) is 6.30. The molecule has 6 rings (SSSR count). The minimum absolute atomic E-state index is 0.106. The van der Waals surface area contributed by atoms with Gasteiger partial charge < -0.3 is 14.6 Å². The molecule has 28 heavy (non-hydrogen) atoms. The lowest BCUT2D eigenvalue weighted by Gasteiger charge is -2.37. The Morgan fingerprint density at radius 2 is 1.86 bits per heavy atom. The first-order valence-corrected chi connectivity index (χ1v) is 9.36. The van der Waals surface area contributed by atoms with E-state index in [1.165, 1.54) is 6.07 Å². The van der Waals surface area contributed by atoms with Crippen LogP contribution < -0.4 is 5.32 Å². The van der Waals surface area contributed by atoms with Gasteiger partial charge in [-0.3, -0.25) is 24.1 Å². The second kappa shape index (κ2) is 6.02. The number of aryl methyl sites for hydroxylation is 1. The van der Waals surface area contributed by atoms with E-state index < -0.39 is 25.0 Å². The van der Waals surface area contributed by atoms with Gasteiger partial charge in [0.05, 0.1) is 11.8 Å². The number of ether oxygens (including phenoxy) is 1. The molecule has 0 aromatic carbocycles. The standard InChI is InChI=1S/C19H19N3O6/c1-8-4-13(21-28-8)20-14(23)7-27-15(24)6-22-18(25)16-9-2-3-10(12-5-11(9)12)17(16)19(22)26/h2-4,9-12,16-17H,5-7H2,1H3,(H,20,21,23)/t9-,10-,11-,12+,16+,17+/m0/s1. The van der Waals surface area contributed by atoms with Crippen molar-refractivity contribution in [2.45, 2.75) is 13.3 Å². The summed E-state index contributed by atoms with van der Waals surface area (Å²) in [7, 11) is 0. The van der Waals surface area contributed by atoms with Crippen LogP contribution >= 0.6 is 0 Å². The maximum absolute atomic E-state index is 12.8. The molecule has 9 heteroatoms. The van der Waals surface area contributed by atoms with Crippen LogP contribution in [0.2, 0.25) is 0 Å². The van der Waals surface area contributed by atoms with Gasteiger partial charge in [-0.25, -0.2) is 0 Å². The Hall–Kier alpha value is -2.97. The Morgan fingerprint density at radius 1 is 1.21 bits per heavy atom. The third kappa shape index (κ3) is 2.56. The zero-order valence-electron chi connectivity index (χ0n) is 15.2. The van der Waals surface area contributed by atoms with Gasteiger partial charge in [0.25, 0.3) is 5.91 Å². The van der Waals surface area contributed by atoms with Crippen LogP contribution in [0.4, 0.5) is 5.82 Å². The highest BCUT2D eigenvalue weighted by atomic mass is 16.5. The van der Waals surface area contributed by atoms with Crippen molar-refractivity contribution in [1.82, 2.24) is 10.1 Å². The van der Waals surface area contributed by atoms with E-state index in [0.29, 0.717) is 17.6 Å². The first-order valence-electron chi connectivity index (χ1n) is 9.36. The average molecular weight is 385 g/mol. The average Bonchev–Trinajstić information content (AvgIpc) is 3.35. The quantitative estimate of drug-likeness (QED) is 0.446. The fourth-order valence-corrected chi connectivity index (χ4v) is 5.10. The number of hydrogen-bond acceptors (Lipinski definition) is 7. The summed E-state index contributed by atoms with van der Waals surface area (Å²) in [5.74, 6) is -0.700. The Bertz CT molecular complexity index is 885. The van der Waals surface area contributed by atoms with E-state index in [0.717, 1.165) is 11.3 Å². The number of aromatic nitrogens is 1. The molecule has 1 aromatic heterocycles. The molecule has 9 nitrogen and oxygen atoms in total. The summed E-state index contributed by atoms with van der Waals surface area (Å²) in [6, 6.07) is 1.52. The van der Waals surface area contributed by atoms with Crippen LogP contribution in [0.15, 0.2) is 22.7 Å². The number of rotatable bonds is 5. The predicted molar refractivity (Wildman–Crippen MR) is 92.2 cm³/mol. The molecular weight excluding hydrogens is 366 g/mol. The smallest absolute Gasteiger partial charge is 0.326 e. The van der Waals surface area contributed by atoms with Crippen molar-refractivity contribution in [2.24, 2.45) is 35.5 Å². The van der Waals surface area contributed by atoms with Crippen LogP contribution in [0, 0.1) is 42.4 Å². The van der Waals surface area contributed by atoms with Gasteiger partial charge in [0.2, 0.25) is 11.8 Å². The van der Waals surface area contributed by atoms with E-state index in [1.807, 2.05) is 0 Å². The highest BCUT2D eigenvalue weighted by molar-refractivity contribution is 6.08. The second-order valence-corrected chi connectivity index (χ2v) is 7.95. The van der Waals surface area contributed by atoms with Crippen molar-refractivity contribution < 1.29 is 28.4 Å². The lowest BCUT2D eigenvalue weighted by Crippen LogP contribution is -2.40. The molecule has 2 heterocycles. The second-order valence-electron chi connectivity index (χ2n) is 7.95. The highest BCUT2D eigenvalue weighted by Gasteiger charge is 2.67. The minimum Gasteiger partial charge on any atom is -0.454 e. The zero-order valence-corrected chi connectivity index (χ0v) is 15.2. The molecule has 5 aliphatic rings. The van der Waals surface area contributed by atoms with E-state index in [1.54, 1.807) is 6.92 Å². The van der Waals surface area contributed by atoms with Crippen LogP contribution in [0.1, 0.15) is 12.2 Å². The van der Waals surface area contributed by atoms with Crippen LogP contribution in [0.25, 0.3) is 0 Å². The zero-order chi connectivity index (χ0) is 19.6. The first-order chi connectivity index (χ1) is 13.4. The number of hydrogen-bond donors (Lipinski definition) is 1. The Labute approximate surface area is 160 Å². The number of carbonyl (C=O) groups excluding carboxylic acids is 4. The topological polar surface area (TPSA) is 119 Å². The molecule has 1 aliphatic heterocycles. The summed E-state index contributed by atoms with van der Waals surface area (Å²) < 4.78 is 9.75. The number of carbonyl (C=O) groups is 4. The summed E-state index contributed by atoms with van der Waals surface area (Å²) >= 11 is 0. The van der Waals surface area contributed by atoms with E-state index in [9.17, 15) is 19.2 Å². The number of anilines is 1. The predicted octanol–water partition coefficient (Wildman–Crippen LogP) is 0.518. The lowest BCUT2D eigenvalue weighted by molar-refractivity contribution is -0.154. The highest BCUT2D eigenvalue weighted by Crippen LogP contribution is 2.65. The van der Waals surface area contributed by atoms with E-state index in [4.69, 9.17) is 9.26 Å². The van der Waals surface area contributed by atoms with E-state index in [-0.39, 0.29) is 41.3 Å². The third-order valence-corrected chi connectivity index (χ3v) is 6.30. The van der Waals surface area contributed by atoms with Crippen LogP contribution in [0.5, 0.6) is 0 Å². The van der Waals surface area contributed by atoms with Crippen molar-refractivity contribution in [3.63, 3.8) is 0 Å². The minimum atomic E-state index is -0.794. The van der Waals surface area contributed by atoms with Gasteiger partial charge in [-0.05, 0) is 37.0 Å². The molecule has 2 saturated carbocycles. The maximum Gasteiger partial charge on any atom is 0.326 e. The van der Waals surface area contributed by atoms with Gasteiger partial charge in [-0.2, -0.15) is 0 Å². The summed E-state index contributed by atoms with van der Waals surface area (Å²) in [4.78, 5) is 50.5. The summed E-state index contributed by atoms with van der Waals surface area (Å²) in [6.45, 7) is 0.677. The summed E-state index contributed by atoms with van der Waals surface area (Å²) in [5, 5.41) is 6.03. The van der Waals surface area contributed by atoms with Crippen molar-refractivity contribution >= 4 is 29.5 Å². The van der Waals surface area contributed by atoms with E-state index in [2.05, 4.69) is 22.6 Å². The summed E-state index contributed by atoms with van der Waals surface area (Å²) in [5.41, 5.74) is 0. The number of esters is 1. The van der Waals surface area contributed by atoms with Gasteiger partial charge >= 0.3 is 5.97 Å². The number of imide groups is 1. The maximum atomic E-state index is 12.8. The van der Waals surface area contributed by atoms with Crippen molar-refractivity contribution in [1.29, 1.82) is 0 Å². The fraction of sp³-hybridized carbons (Fsp3) is 0.526. The number of nitrogens with zero attached hydrogens (tertiary/aromatic N) is 2. The molecule has 1 saturated heterocycles. The van der Waals surface area contributed by atoms with Crippen molar-refractivity contribution in [2.75, 3.05) is 18.5 Å². The van der Waals surface area contributed by atoms with E-state index >= 15 is 0 Å². The fourth-order valence-electron chi connectivity index (χ4n) is 5.10. The molecule has 1 aromatic rings. The molecule has 6 atom stereocenters. The molecule has 0 unspecified atom stereocenters. The molecule has 0 spiro atoms. The lowest BCUT2D eigenvalue weighted by atomic mass is 9.63. The Balaban J connectivity index is 1.18. The Kier molecular flexibility index (Phi) is 3.68. The monoisotopic (exact) mass is 385 g/mol. The van der Waals surface area contributed by atoms with Crippen molar-refractivity contribution in [3.05, 3.63) is 24.0 Å². The van der Waals surface area contributed by atoms with Crippen LogP contribution in [-0.4, -0.2) is 46.9 Å². The molecule has 3 amide bonds. The molecule has 1 N–H and O–H groups in total. The number of amides is 3. The largest absolute Gasteiger partial charge is 0.454 e.